The molecule has 0 aliphatic carbocycles. The van der Waals surface area contributed by atoms with E-state index in [-0.39, 0.29) is 11.0 Å². The van der Waals surface area contributed by atoms with Gasteiger partial charge in [-0.1, -0.05) is 34.6 Å². The van der Waals surface area contributed by atoms with Crippen molar-refractivity contribution >= 4 is 0 Å². The summed E-state index contributed by atoms with van der Waals surface area (Å²) in [5.41, 5.74) is 0.246. The fourth-order valence-electron chi connectivity index (χ4n) is 1.34. The molecule has 1 unspecified atom stereocenters. The molecule has 1 atom stereocenters. The summed E-state index contributed by atoms with van der Waals surface area (Å²) in [4.78, 5) is 0. The molecule has 16 heavy (non-hydrogen) atoms. The zero-order valence-corrected chi connectivity index (χ0v) is 12.3. The summed E-state index contributed by atoms with van der Waals surface area (Å²) in [7, 11) is 0. The highest BCUT2D eigenvalue weighted by atomic mass is 16.5. The fourth-order valence-corrected chi connectivity index (χ4v) is 1.34. The third kappa shape index (κ3) is 6.49. The lowest BCUT2D eigenvalue weighted by Gasteiger charge is -2.34. The van der Waals surface area contributed by atoms with Crippen molar-refractivity contribution in [3.8, 4) is 0 Å². The van der Waals surface area contributed by atoms with E-state index in [1.54, 1.807) is 0 Å². The predicted molar refractivity (Wildman–Crippen MR) is 71.9 cm³/mol. The van der Waals surface area contributed by atoms with Crippen molar-refractivity contribution in [1.29, 1.82) is 0 Å². The van der Waals surface area contributed by atoms with Crippen LogP contribution in [0.5, 0.6) is 0 Å². The SMILES string of the molecule is CCCNC(COC(C)(C)CC)C(C)(C)C. The Hall–Kier alpha value is -0.0800. The molecule has 0 saturated carbocycles. The molecular weight excluding hydrogens is 198 g/mol. The van der Waals surface area contributed by atoms with Crippen molar-refractivity contribution in [2.45, 2.75) is 73.0 Å². The molecule has 0 heterocycles. The minimum Gasteiger partial charge on any atom is -0.374 e. The second-order valence-corrected chi connectivity index (χ2v) is 6.30. The van der Waals surface area contributed by atoms with E-state index < -0.39 is 0 Å². The van der Waals surface area contributed by atoms with Crippen LogP contribution in [0.3, 0.4) is 0 Å². The van der Waals surface area contributed by atoms with E-state index in [4.69, 9.17) is 4.74 Å². The molecule has 1 N–H and O–H groups in total. The Bertz CT molecular complexity index is 182. The Labute approximate surface area is 102 Å². The molecule has 0 saturated heterocycles. The smallest absolute Gasteiger partial charge is 0.0632 e. The average Bonchev–Trinajstić information content (AvgIpc) is 2.16. The van der Waals surface area contributed by atoms with Gasteiger partial charge in [-0.2, -0.15) is 0 Å². The highest BCUT2D eigenvalue weighted by Crippen LogP contribution is 2.22. The number of rotatable bonds is 7. The molecular formula is C14H31NO. The topological polar surface area (TPSA) is 21.3 Å². The summed E-state index contributed by atoms with van der Waals surface area (Å²) in [5, 5.41) is 3.58. The zero-order valence-electron chi connectivity index (χ0n) is 12.3. The van der Waals surface area contributed by atoms with E-state index in [9.17, 15) is 0 Å². The normalized spacial score (nSPS) is 15.2. The van der Waals surface area contributed by atoms with Gasteiger partial charge in [-0.15, -0.1) is 0 Å². The molecule has 2 nitrogen and oxygen atoms in total. The van der Waals surface area contributed by atoms with Gasteiger partial charge >= 0.3 is 0 Å². The van der Waals surface area contributed by atoms with Gasteiger partial charge in [-0.05, 0) is 38.6 Å². The van der Waals surface area contributed by atoms with Crippen LogP contribution in [-0.4, -0.2) is 24.8 Å². The van der Waals surface area contributed by atoms with Crippen LogP contribution in [0.25, 0.3) is 0 Å². The monoisotopic (exact) mass is 229 g/mol. The summed E-state index contributed by atoms with van der Waals surface area (Å²) in [6.07, 6.45) is 2.22. The molecule has 0 radical (unpaired) electrons. The molecule has 0 amide bonds. The molecule has 0 aliphatic heterocycles. The first-order valence-electron chi connectivity index (χ1n) is 6.60. The first-order chi connectivity index (χ1) is 7.23. The van der Waals surface area contributed by atoms with Crippen LogP contribution in [0, 0.1) is 5.41 Å². The van der Waals surface area contributed by atoms with E-state index in [2.05, 4.69) is 53.8 Å². The van der Waals surface area contributed by atoms with Gasteiger partial charge in [0.05, 0.1) is 12.2 Å². The summed E-state index contributed by atoms with van der Waals surface area (Å²) in [6.45, 7) is 17.4. The van der Waals surface area contributed by atoms with Gasteiger partial charge in [-0.25, -0.2) is 0 Å². The molecule has 0 rings (SSSR count). The van der Waals surface area contributed by atoms with Gasteiger partial charge in [0, 0.05) is 6.04 Å². The van der Waals surface area contributed by atoms with Crippen LogP contribution in [0.15, 0.2) is 0 Å². The third-order valence-corrected chi connectivity index (χ3v) is 3.18. The van der Waals surface area contributed by atoms with Crippen molar-refractivity contribution in [3.05, 3.63) is 0 Å². The minimum absolute atomic E-state index is 0.00258. The Morgan fingerprint density at radius 2 is 1.62 bits per heavy atom. The highest BCUT2D eigenvalue weighted by molar-refractivity contribution is 4.81. The Balaban J connectivity index is 4.22. The van der Waals surface area contributed by atoms with Crippen LogP contribution < -0.4 is 5.32 Å². The Morgan fingerprint density at radius 3 is 2.00 bits per heavy atom. The van der Waals surface area contributed by atoms with Gasteiger partial charge < -0.3 is 10.1 Å². The standard InChI is InChI=1S/C14H31NO/c1-8-10-15-12(13(3,4)5)11-16-14(6,7)9-2/h12,15H,8-11H2,1-7H3. The molecule has 2 heteroatoms. The maximum absolute atomic E-state index is 6.00. The van der Waals surface area contributed by atoms with E-state index in [0.29, 0.717) is 6.04 Å². The molecule has 0 aromatic heterocycles. The maximum Gasteiger partial charge on any atom is 0.0632 e. The number of hydrogen-bond donors (Lipinski definition) is 1. The first-order valence-corrected chi connectivity index (χ1v) is 6.60. The molecule has 0 aliphatic rings. The summed E-state index contributed by atoms with van der Waals surface area (Å²) in [5.74, 6) is 0. The molecule has 0 spiro atoms. The van der Waals surface area contributed by atoms with Crippen LogP contribution in [0.4, 0.5) is 0 Å². The molecule has 0 fully saturated rings. The molecule has 0 bridgehead atoms. The van der Waals surface area contributed by atoms with Crippen molar-refractivity contribution in [3.63, 3.8) is 0 Å². The van der Waals surface area contributed by atoms with Gasteiger partial charge in [0.2, 0.25) is 0 Å². The van der Waals surface area contributed by atoms with Crippen LogP contribution >= 0.6 is 0 Å². The number of ether oxygens (including phenoxy) is 1. The fraction of sp³-hybridized carbons (Fsp3) is 1.00. The van der Waals surface area contributed by atoms with Crippen LogP contribution in [0.2, 0.25) is 0 Å². The Kier molecular flexibility index (Phi) is 6.57. The van der Waals surface area contributed by atoms with E-state index in [0.717, 1.165) is 19.6 Å². The van der Waals surface area contributed by atoms with Gasteiger partial charge in [0.1, 0.15) is 0 Å². The molecule has 0 aromatic rings. The molecule has 0 aromatic carbocycles. The lowest BCUT2D eigenvalue weighted by molar-refractivity contribution is -0.0434. The van der Waals surface area contributed by atoms with E-state index in [1.807, 2.05) is 0 Å². The summed E-state index contributed by atoms with van der Waals surface area (Å²) < 4.78 is 6.00. The van der Waals surface area contributed by atoms with Crippen LogP contribution in [-0.2, 0) is 4.74 Å². The predicted octanol–water partition coefficient (Wildman–Crippen LogP) is 3.61. The lowest BCUT2D eigenvalue weighted by atomic mass is 9.87. The van der Waals surface area contributed by atoms with Gasteiger partial charge in [0.15, 0.2) is 0 Å². The van der Waals surface area contributed by atoms with Crippen LogP contribution in [0.1, 0.15) is 61.3 Å². The summed E-state index contributed by atoms with van der Waals surface area (Å²) >= 11 is 0. The van der Waals surface area contributed by atoms with E-state index in [1.165, 1.54) is 6.42 Å². The molecule has 98 valence electrons. The third-order valence-electron chi connectivity index (χ3n) is 3.18. The van der Waals surface area contributed by atoms with Gasteiger partial charge in [0.25, 0.3) is 0 Å². The van der Waals surface area contributed by atoms with Crippen molar-refractivity contribution in [2.24, 2.45) is 5.41 Å². The Morgan fingerprint density at radius 1 is 1.06 bits per heavy atom. The lowest BCUT2D eigenvalue weighted by Crippen LogP contribution is -2.46. The quantitative estimate of drug-likeness (QED) is 0.720. The zero-order chi connectivity index (χ0) is 12.8. The van der Waals surface area contributed by atoms with Crippen molar-refractivity contribution < 1.29 is 4.74 Å². The minimum atomic E-state index is -0.00258. The largest absolute Gasteiger partial charge is 0.374 e. The maximum atomic E-state index is 6.00. The van der Waals surface area contributed by atoms with Gasteiger partial charge in [-0.3, -0.25) is 0 Å². The summed E-state index contributed by atoms with van der Waals surface area (Å²) in [6, 6.07) is 0.429. The average molecular weight is 229 g/mol. The number of hydrogen-bond acceptors (Lipinski definition) is 2. The number of nitrogens with one attached hydrogen (secondary N) is 1. The van der Waals surface area contributed by atoms with Crippen molar-refractivity contribution in [1.82, 2.24) is 5.32 Å². The second-order valence-electron chi connectivity index (χ2n) is 6.30. The highest BCUT2D eigenvalue weighted by Gasteiger charge is 2.26. The first kappa shape index (κ1) is 15.9. The van der Waals surface area contributed by atoms with E-state index >= 15 is 0 Å². The second kappa shape index (κ2) is 6.61. The van der Waals surface area contributed by atoms with Crippen molar-refractivity contribution in [2.75, 3.05) is 13.2 Å².